The highest BCUT2D eigenvalue weighted by Gasteiger charge is 2.62. The fourth-order valence-electron chi connectivity index (χ4n) is 8.57. The van der Waals surface area contributed by atoms with Gasteiger partial charge in [-0.2, -0.15) is 0 Å². The Hall–Kier alpha value is -4.40. The van der Waals surface area contributed by atoms with Crippen LogP contribution < -0.4 is 20.7 Å². The van der Waals surface area contributed by atoms with Crippen LogP contribution in [0.4, 0.5) is 9.59 Å². The maximum absolute atomic E-state index is 14.7. The summed E-state index contributed by atoms with van der Waals surface area (Å²) < 4.78 is 33.6. The van der Waals surface area contributed by atoms with E-state index in [0.717, 1.165) is 36.0 Å². The number of carbonyl (C=O) groups excluding carboxylic acids is 5. The number of fused-ring (bicyclic) bond motifs is 3. The number of benzene rings is 1. The molecule has 4 N–H and O–H groups in total. The number of hydrogen-bond donors (Lipinski definition) is 4. The van der Waals surface area contributed by atoms with Crippen molar-refractivity contribution < 1.29 is 37.1 Å². The highest BCUT2D eigenvalue weighted by molar-refractivity contribution is 7.91. The van der Waals surface area contributed by atoms with E-state index in [0.29, 0.717) is 51.6 Å². The average molecular weight is 765 g/mol. The highest BCUT2D eigenvalue weighted by Crippen LogP contribution is 2.45. The SMILES string of the molecule is C=C[C@@H]1C[C@]1(NC(=O)[C@@H]1C[C@@H]2CN1C(=O)[C@H](C1CCCCC1)NC(=O)NC(C)(C)CC/C=C/c1cccc3c1CN(C3)C(=O)O2)C(=O)NS(=O)(=O)C1CC1. The maximum Gasteiger partial charge on any atom is 0.410 e. The van der Waals surface area contributed by atoms with Crippen LogP contribution in [0.1, 0.15) is 101 Å². The zero-order chi connectivity index (χ0) is 38.4. The number of nitrogens with zero attached hydrogens (tertiary/aromatic N) is 2. The third-order valence-electron chi connectivity index (χ3n) is 12.0. The van der Waals surface area contributed by atoms with Crippen LogP contribution >= 0.6 is 0 Å². The fraction of sp³-hybridized carbons (Fsp3) is 0.615. The molecule has 4 bridgehead atoms. The van der Waals surface area contributed by atoms with Gasteiger partial charge < -0.3 is 25.6 Å². The number of ether oxygens (including phenoxy) is 1. The third-order valence-corrected chi connectivity index (χ3v) is 13.8. The van der Waals surface area contributed by atoms with Gasteiger partial charge in [0.2, 0.25) is 21.8 Å². The molecular weight excluding hydrogens is 713 g/mol. The summed E-state index contributed by atoms with van der Waals surface area (Å²) in [4.78, 5) is 72.9. The van der Waals surface area contributed by atoms with Gasteiger partial charge in [0.1, 0.15) is 23.7 Å². The summed E-state index contributed by atoms with van der Waals surface area (Å²) in [7, 11) is -3.90. The number of sulfonamides is 1. The van der Waals surface area contributed by atoms with E-state index in [4.69, 9.17) is 4.74 Å². The summed E-state index contributed by atoms with van der Waals surface area (Å²) in [6.07, 6.45) is 10.7. The monoisotopic (exact) mass is 764 g/mol. The second-order valence-electron chi connectivity index (χ2n) is 16.6. The molecule has 1 saturated heterocycles. The molecule has 5 atom stereocenters. The minimum absolute atomic E-state index is 0.0501. The predicted octanol–water partition coefficient (Wildman–Crippen LogP) is 3.61. The van der Waals surface area contributed by atoms with Crippen LogP contribution in [0.3, 0.4) is 0 Å². The molecule has 6 aliphatic rings. The van der Waals surface area contributed by atoms with E-state index in [-0.39, 0.29) is 25.3 Å². The van der Waals surface area contributed by atoms with Gasteiger partial charge in [-0.25, -0.2) is 18.0 Å². The largest absolute Gasteiger partial charge is 0.444 e. The molecule has 292 valence electrons. The molecule has 0 radical (unpaired) electrons. The number of amides is 6. The van der Waals surface area contributed by atoms with Crippen LogP contribution in [0.5, 0.6) is 0 Å². The molecule has 0 unspecified atom stereocenters. The molecule has 3 saturated carbocycles. The molecule has 14 nitrogen and oxygen atoms in total. The summed E-state index contributed by atoms with van der Waals surface area (Å²) in [5.74, 6) is -2.70. The van der Waals surface area contributed by atoms with Gasteiger partial charge in [0, 0.05) is 24.4 Å². The molecule has 3 aliphatic carbocycles. The highest BCUT2D eigenvalue weighted by atomic mass is 32.2. The van der Waals surface area contributed by atoms with E-state index in [1.54, 1.807) is 4.90 Å². The van der Waals surface area contributed by atoms with Gasteiger partial charge in [-0.15, -0.1) is 6.58 Å². The number of nitrogens with one attached hydrogen (secondary N) is 4. The molecule has 0 aromatic heterocycles. The first kappa shape index (κ1) is 37.9. The zero-order valence-electron chi connectivity index (χ0n) is 31.1. The van der Waals surface area contributed by atoms with Crippen molar-refractivity contribution in [1.82, 2.24) is 30.5 Å². The van der Waals surface area contributed by atoms with Gasteiger partial charge in [0.15, 0.2) is 0 Å². The predicted molar refractivity (Wildman–Crippen MR) is 200 cm³/mol. The molecule has 1 aromatic carbocycles. The van der Waals surface area contributed by atoms with Gasteiger partial charge in [-0.05, 0) is 81.4 Å². The summed E-state index contributed by atoms with van der Waals surface area (Å²) in [6, 6.07) is 3.32. The Balaban J connectivity index is 1.19. The third kappa shape index (κ3) is 7.87. The number of rotatable bonds is 7. The van der Waals surface area contributed by atoms with Crippen molar-refractivity contribution in [3.63, 3.8) is 0 Å². The van der Waals surface area contributed by atoms with Crippen molar-refractivity contribution in [3.05, 3.63) is 53.6 Å². The molecule has 0 spiro atoms. The van der Waals surface area contributed by atoms with E-state index >= 15 is 0 Å². The Labute approximate surface area is 316 Å². The average Bonchev–Trinajstić information content (AvgIpc) is 4.02. The van der Waals surface area contributed by atoms with Gasteiger partial charge in [-0.1, -0.05) is 55.7 Å². The van der Waals surface area contributed by atoms with Gasteiger partial charge in [-0.3, -0.25) is 24.0 Å². The number of allylic oxidation sites excluding steroid dienone is 1. The quantitative estimate of drug-likeness (QED) is 0.304. The second kappa shape index (κ2) is 14.7. The number of hydrogen-bond acceptors (Lipinski definition) is 8. The lowest BCUT2D eigenvalue weighted by atomic mass is 9.83. The first-order valence-electron chi connectivity index (χ1n) is 19.3. The molecule has 4 fully saturated rings. The minimum Gasteiger partial charge on any atom is -0.444 e. The van der Waals surface area contributed by atoms with E-state index in [2.05, 4.69) is 33.3 Å². The smallest absolute Gasteiger partial charge is 0.410 e. The standard InChI is InChI=1S/C39H52N6O8S/c1-4-27-20-39(27,35(48)43-54(51,52)29-16-17-29)41-33(46)31-19-28-22-45(31)34(47)32(25-12-6-5-7-13-25)40-36(49)42-38(2,3)18-9-8-11-24-14-10-15-26-21-44(23-30(24)26)37(50)53-28/h4,8,10-11,14-15,25,27-29,31-32H,1,5-7,9,12-13,16-23H2,2-3H3,(H,41,46)(H,43,48)(H2,40,42,49)/b11-8+/t27-,28-,31+,32+,39-/m1/s1. The van der Waals surface area contributed by atoms with Gasteiger partial charge in [0.05, 0.1) is 18.3 Å². The first-order chi connectivity index (χ1) is 25.7. The van der Waals surface area contributed by atoms with Crippen LogP contribution in [-0.4, -0.2) is 89.1 Å². The summed E-state index contributed by atoms with van der Waals surface area (Å²) in [6.45, 7) is 8.24. The maximum atomic E-state index is 14.7. The topological polar surface area (TPSA) is 183 Å². The van der Waals surface area contributed by atoms with Crippen molar-refractivity contribution in [1.29, 1.82) is 0 Å². The van der Waals surface area contributed by atoms with Crippen molar-refractivity contribution >= 4 is 45.9 Å². The van der Waals surface area contributed by atoms with Crippen LogP contribution in [0, 0.1) is 11.8 Å². The number of carbonyl (C=O) groups is 5. The van der Waals surface area contributed by atoms with E-state index in [9.17, 15) is 32.4 Å². The van der Waals surface area contributed by atoms with Crippen LogP contribution in [0.25, 0.3) is 6.08 Å². The van der Waals surface area contributed by atoms with Crippen molar-refractivity contribution in [2.24, 2.45) is 11.8 Å². The normalized spacial score (nSPS) is 30.8. The summed E-state index contributed by atoms with van der Waals surface area (Å²) >= 11 is 0. The van der Waals surface area contributed by atoms with E-state index < -0.39 is 80.3 Å². The van der Waals surface area contributed by atoms with E-state index in [1.807, 2.05) is 38.1 Å². The lowest BCUT2D eigenvalue weighted by Gasteiger charge is -2.36. The van der Waals surface area contributed by atoms with Crippen LogP contribution in [0.15, 0.2) is 36.9 Å². The lowest BCUT2D eigenvalue weighted by molar-refractivity contribution is -0.142. The van der Waals surface area contributed by atoms with Crippen molar-refractivity contribution in [2.75, 3.05) is 6.54 Å². The molecule has 1 aromatic rings. The summed E-state index contributed by atoms with van der Waals surface area (Å²) in [5, 5.41) is 8.18. The molecule has 7 rings (SSSR count). The molecule has 54 heavy (non-hydrogen) atoms. The fourth-order valence-corrected chi connectivity index (χ4v) is 9.94. The first-order valence-corrected chi connectivity index (χ1v) is 20.9. The molecule has 6 amide bonds. The number of urea groups is 1. The van der Waals surface area contributed by atoms with Crippen molar-refractivity contribution in [3.8, 4) is 0 Å². The second-order valence-corrected chi connectivity index (χ2v) is 18.5. The molecule has 15 heteroatoms. The zero-order valence-corrected chi connectivity index (χ0v) is 31.9. The Kier molecular flexibility index (Phi) is 10.3. The van der Waals surface area contributed by atoms with E-state index in [1.165, 1.54) is 11.0 Å². The summed E-state index contributed by atoms with van der Waals surface area (Å²) in [5.41, 5.74) is 0.850. The molecule has 3 heterocycles. The van der Waals surface area contributed by atoms with Gasteiger partial charge >= 0.3 is 12.1 Å². The van der Waals surface area contributed by atoms with Crippen molar-refractivity contribution in [2.45, 2.75) is 132 Å². The van der Waals surface area contributed by atoms with Crippen LogP contribution in [0.2, 0.25) is 0 Å². The Bertz CT molecular complexity index is 1850. The van der Waals surface area contributed by atoms with Crippen LogP contribution in [-0.2, 0) is 42.2 Å². The Morgan fingerprint density at radius 3 is 2.52 bits per heavy atom. The Morgan fingerprint density at radius 1 is 1.06 bits per heavy atom. The molecular formula is C39H52N6O8S. The van der Waals surface area contributed by atoms with Gasteiger partial charge in [0.25, 0.3) is 5.91 Å². The lowest BCUT2D eigenvalue weighted by Crippen LogP contribution is -2.61. The Morgan fingerprint density at radius 2 is 1.81 bits per heavy atom. The molecule has 3 aliphatic heterocycles. The minimum atomic E-state index is -3.90.